The molecule has 1 aliphatic rings. The summed E-state index contributed by atoms with van der Waals surface area (Å²) in [7, 11) is 0. The first-order valence-corrected chi connectivity index (χ1v) is 8.79. The third kappa shape index (κ3) is 8.59. The summed E-state index contributed by atoms with van der Waals surface area (Å²) in [6.45, 7) is 2.64. The number of aliphatic hydroxyl groups is 2. The summed E-state index contributed by atoms with van der Waals surface area (Å²) in [5.74, 6) is -0.985. The smallest absolute Gasteiger partial charge is 0.329 e. The molecule has 1 aliphatic heterocycles. The van der Waals surface area contributed by atoms with Crippen LogP contribution in [0.15, 0.2) is 24.3 Å². The van der Waals surface area contributed by atoms with Crippen LogP contribution in [0.4, 0.5) is 0 Å². The number of unbranched alkanes of at least 4 members (excludes halogenated alkanes) is 2. The third-order valence-electron chi connectivity index (χ3n) is 4.11. The molecule has 138 valence electrons. The number of carboxylic acid groups (broad SMARTS) is 1. The molecule has 1 rings (SSSR count). The Kier molecular flexibility index (Phi) is 10.6. The highest BCUT2D eigenvalue weighted by Gasteiger charge is 2.29. The monoisotopic (exact) mass is 341 g/mol. The van der Waals surface area contributed by atoms with E-state index in [1.807, 2.05) is 23.1 Å². The predicted molar refractivity (Wildman–Crippen MR) is 92.6 cm³/mol. The minimum absolute atomic E-state index is 0.116. The zero-order valence-corrected chi connectivity index (χ0v) is 14.5. The maximum atomic E-state index is 10.3. The first-order valence-electron chi connectivity index (χ1n) is 8.79. The Hall–Kier alpha value is -1.21. The van der Waals surface area contributed by atoms with Crippen molar-refractivity contribution in [2.45, 2.75) is 63.8 Å². The Balaban J connectivity index is 2.35. The first-order chi connectivity index (χ1) is 11.5. The summed E-state index contributed by atoms with van der Waals surface area (Å²) in [6, 6.07) is 0.116. The van der Waals surface area contributed by atoms with Crippen molar-refractivity contribution in [1.29, 1.82) is 0 Å². The van der Waals surface area contributed by atoms with E-state index in [-0.39, 0.29) is 19.3 Å². The van der Waals surface area contributed by atoms with E-state index in [1.54, 1.807) is 6.08 Å². The molecule has 0 aliphatic carbocycles. The van der Waals surface area contributed by atoms with Gasteiger partial charge in [0.1, 0.15) is 12.8 Å². The molecule has 2 unspecified atom stereocenters. The van der Waals surface area contributed by atoms with Crippen LogP contribution in [0.5, 0.6) is 0 Å². The summed E-state index contributed by atoms with van der Waals surface area (Å²) in [4.78, 5) is 12.3. The standard InChI is InChI=1S/C18H31NO5/c1-2-3-4-7-16(20)10-8-15-9-11-17(21)19(15)12-5-6-13-24-14-18(22)23/h5-6,8,10,15-17,20-21H,2-4,7,9,11-14H2,1H3,(H,22,23)/b6-5-,10-8+/t15-,16?,17?/m0/s1. The van der Waals surface area contributed by atoms with Gasteiger partial charge in [-0.15, -0.1) is 0 Å². The van der Waals surface area contributed by atoms with Crippen molar-refractivity contribution in [3.05, 3.63) is 24.3 Å². The van der Waals surface area contributed by atoms with Crippen molar-refractivity contribution in [1.82, 2.24) is 4.90 Å². The second-order valence-corrected chi connectivity index (χ2v) is 6.15. The molecular weight excluding hydrogens is 310 g/mol. The number of aliphatic carboxylic acids is 1. The summed E-state index contributed by atoms with van der Waals surface area (Å²) in [6.07, 6.45) is 12.2. The third-order valence-corrected chi connectivity index (χ3v) is 4.11. The Morgan fingerprint density at radius 2 is 2.12 bits per heavy atom. The van der Waals surface area contributed by atoms with Crippen molar-refractivity contribution >= 4 is 5.97 Å². The SMILES string of the molecule is CCCCCC(O)/C=C/[C@H]1CCC(O)N1C/C=C\COCC(=O)O. The molecule has 3 atom stereocenters. The predicted octanol–water partition coefficient (Wildman–Crippen LogP) is 1.92. The number of aliphatic hydroxyl groups excluding tert-OH is 2. The van der Waals surface area contributed by atoms with Gasteiger partial charge in [-0.1, -0.05) is 50.5 Å². The van der Waals surface area contributed by atoms with E-state index in [0.717, 1.165) is 32.1 Å². The largest absolute Gasteiger partial charge is 0.480 e. The molecule has 24 heavy (non-hydrogen) atoms. The fourth-order valence-electron chi connectivity index (χ4n) is 2.77. The summed E-state index contributed by atoms with van der Waals surface area (Å²) in [5, 5.41) is 28.5. The van der Waals surface area contributed by atoms with Crippen LogP contribution < -0.4 is 0 Å². The van der Waals surface area contributed by atoms with Crippen LogP contribution in [0.3, 0.4) is 0 Å². The van der Waals surface area contributed by atoms with Crippen molar-refractivity contribution in [3.8, 4) is 0 Å². The molecule has 0 saturated carbocycles. The first kappa shape index (κ1) is 20.8. The normalized spacial score (nSPS) is 23.5. The number of hydrogen-bond donors (Lipinski definition) is 3. The highest BCUT2D eigenvalue weighted by molar-refractivity contribution is 5.67. The van der Waals surface area contributed by atoms with E-state index in [1.165, 1.54) is 0 Å². The number of rotatable bonds is 12. The van der Waals surface area contributed by atoms with Gasteiger partial charge in [0, 0.05) is 12.6 Å². The summed E-state index contributed by atoms with van der Waals surface area (Å²) >= 11 is 0. The average Bonchev–Trinajstić information content (AvgIpc) is 2.89. The van der Waals surface area contributed by atoms with Crippen molar-refractivity contribution in [3.63, 3.8) is 0 Å². The van der Waals surface area contributed by atoms with Gasteiger partial charge in [0.25, 0.3) is 0 Å². The van der Waals surface area contributed by atoms with E-state index in [2.05, 4.69) is 6.92 Å². The van der Waals surface area contributed by atoms with Crippen LogP contribution in [0.2, 0.25) is 0 Å². The number of carbonyl (C=O) groups is 1. The molecule has 0 amide bonds. The number of carboxylic acids is 1. The molecule has 0 radical (unpaired) electrons. The lowest BCUT2D eigenvalue weighted by atomic mass is 10.1. The van der Waals surface area contributed by atoms with Crippen LogP contribution >= 0.6 is 0 Å². The van der Waals surface area contributed by atoms with E-state index < -0.39 is 18.3 Å². The lowest BCUT2D eigenvalue weighted by Crippen LogP contribution is -2.35. The van der Waals surface area contributed by atoms with Gasteiger partial charge < -0.3 is 20.1 Å². The van der Waals surface area contributed by atoms with Crippen molar-refractivity contribution < 1.29 is 24.9 Å². The fraction of sp³-hybridized carbons (Fsp3) is 0.722. The Bertz CT molecular complexity index is 410. The van der Waals surface area contributed by atoms with Crippen LogP contribution in [-0.2, 0) is 9.53 Å². The maximum Gasteiger partial charge on any atom is 0.329 e. The molecular formula is C18H31NO5. The number of ether oxygens (including phenoxy) is 1. The minimum atomic E-state index is -0.985. The van der Waals surface area contributed by atoms with Gasteiger partial charge in [0.2, 0.25) is 0 Å². The van der Waals surface area contributed by atoms with E-state index in [9.17, 15) is 15.0 Å². The van der Waals surface area contributed by atoms with E-state index in [0.29, 0.717) is 13.0 Å². The van der Waals surface area contributed by atoms with Gasteiger partial charge in [0.05, 0.1) is 12.7 Å². The van der Waals surface area contributed by atoms with E-state index in [4.69, 9.17) is 9.84 Å². The Labute approximate surface area is 144 Å². The van der Waals surface area contributed by atoms with Crippen molar-refractivity contribution in [2.24, 2.45) is 0 Å². The van der Waals surface area contributed by atoms with E-state index >= 15 is 0 Å². The number of likely N-dealkylation sites (tertiary alicyclic amines) is 1. The molecule has 6 heteroatoms. The topological polar surface area (TPSA) is 90.2 Å². The molecule has 0 aromatic carbocycles. The molecule has 0 aromatic heterocycles. The Morgan fingerprint density at radius 1 is 1.33 bits per heavy atom. The maximum absolute atomic E-state index is 10.3. The van der Waals surface area contributed by atoms with Crippen LogP contribution in [0.1, 0.15) is 45.4 Å². The van der Waals surface area contributed by atoms with Crippen LogP contribution in [0, 0.1) is 0 Å². The van der Waals surface area contributed by atoms with Gasteiger partial charge in [-0.05, 0) is 19.3 Å². The molecule has 0 spiro atoms. The number of hydrogen-bond acceptors (Lipinski definition) is 5. The van der Waals surface area contributed by atoms with Gasteiger partial charge in [0.15, 0.2) is 0 Å². The molecule has 1 fully saturated rings. The molecule has 6 nitrogen and oxygen atoms in total. The fourth-order valence-corrected chi connectivity index (χ4v) is 2.77. The minimum Gasteiger partial charge on any atom is -0.480 e. The highest BCUT2D eigenvalue weighted by atomic mass is 16.5. The molecule has 0 bridgehead atoms. The molecule has 1 saturated heterocycles. The van der Waals surface area contributed by atoms with Crippen molar-refractivity contribution in [2.75, 3.05) is 19.8 Å². The quantitative estimate of drug-likeness (QED) is 0.371. The van der Waals surface area contributed by atoms with Gasteiger partial charge >= 0.3 is 5.97 Å². The molecule has 1 heterocycles. The molecule has 0 aromatic rings. The van der Waals surface area contributed by atoms with Gasteiger partial charge in [-0.3, -0.25) is 4.90 Å². The average molecular weight is 341 g/mol. The zero-order valence-electron chi connectivity index (χ0n) is 14.5. The zero-order chi connectivity index (χ0) is 17.8. The van der Waals surface area contributed by atoms with Crippen LogP contribution in [-0.4, -0.2) is 64.3 Å². The highest BCUT2D eigenvalue weighted by Crippen LogP contribution is 2.23. The number of nitrogens with zero attached hydrogens (tertiary/aromatic N) is 1. The Morgan fingerprint density at radius 3 is 2.83 bits per heavy atom. The lowest BCUT2D eigenvalue weighted by Gasteiger charge is -2.24. The second-order valence-electron chi connectivity index (χ2n) is 6.15. The molecule has 3 N–H and O–H groups in total. The summed E-state index contributed by atoms with van der Waals surface area (Å²) < 4.78 is 4.92. The van der Waals surface area contributed by atoms with Crippen LogP contribution in [0.25, 0.3) is 0 Å². The van der Waals surface area contributed by atoms with Gasteiger partial charge in [-0.2, -0.15) is 0 Å². The van der Waals surface area contributed by atoms with Gasteiger partial charge in [-0.25, -0.2) is 4.79 Å². The lowest BCUT2D eigenvalue weighted by molar-refractivity contribution is -0.141. The second kappa shape index (κ2) is 12.2. The summed E-state index contributed by atoms with van der Waals surface area (Å²) in [5.41, 5.74) is 0.